The molecule has 4 heteroatoms. The molecule has 0 bridgehead atoms. The molecule has 1 radical (unpaired) electrons. The maximum atomic E-state index is 14.5. The van der Waals surface area contributed by atoms with Gasteiger partial charge in [0.2, 0.25) is 0 Å². The number of aromatic nitrogens is 1. The number of hydrogen-bond acceptors (Lipinski definition) is 1. The molecule has 3 nitrogen and oxygen atoms in total. The van der Waals surface area contributed by atoms with Crippen molar-refractivity contribution in [3.05, 3.63) is 77.4 Å². The highest BCUT2D eigenvalue weighted by molar-refractivity contribution is 5.71. The predicted molar refractivity (Wildman–Crippen MR) is 123 cm³/mol. The van der Waals surface area contributed by atoms with E-state index in [1.165, 1.54) is 27.9 Å². The smallest absolute Gasteiger partial charge is 0.146 e. The summed E-state index contributed by atoms with van der Waals surface area (Å²) in [5.41, 5.74) is 7.01. The number of piperazine rings is 1. The molecule has 0 saturated carbocycles. The zero-order chi connectivity index (χ0) is 21.1. The maximum Gasteiger partial charge on any atom is 0.146 e. The Morgan fingerprint density at radius 2 is 1.83 bits per heavy atom. The van der Waals surface area contributed by atoms with Gasteiger partial charge in [-0.05, 0) is 43.5 Å². The monoisotopic (exact) mass is 404 g/mol. The van der Waals surface area contributed by atoms with E-state index < -0.39 is 0 Å². The summed E-state index contributed by atoms with van der Waals surface area (Å²) < 4.78 is 16.9. The van der Waals surface area contributed by atoms with Crippen molar-refractivity contribution >= 4 is 5.69 Å². The number of hydrogen-bond donors (Lipinski definition) is 0. The molecule has 0 aliphatic carbocycles. The average Bonchev–Trinajstić information content (AvgIpc) is 3.09. The van der Waals surface area contributed by atoms with Crippen molar-refractivity contribution in [3.63, 3.8) is 0 Å². The molecule has 1 aromatic heterocycles. The third-order valence-electron chi connectivity index (χ3n) is 6.02. The van der Waals surface area contributed by atoms with E-state index in [-0.39, 0.29) is 11.9 Å². The third-order valence-corrected chi connectivity index (χ3v) is 6.02. The molecule has 1 fully saturated rings. The van der Waals surface area contributed by atoms with Crippen molar-refractivity contribution < 1.29 is 4.39 Å². The van der Waals surface area contributed by atoms with Crippen LogP contribution in [0.25, 0.3) is 11.1 Å². The highest BCUT2D eigenvalue weighted by atomic mass is 19.1. The van der Waals surface area contributed by atoms with Crippen LogP contribution in [0.2, 0.25) is 0 Å². The van der Waals surface area contributed by atoms with Crippen molar-refractivity contribution in [2.45, 2.75) is 46.2 Å². The maximum absolute atomic E-state index is 14.5. The molecule has 1 unspecified atom stereocenters. The highest BCUT2D eigenvalue weighted by Gasteiger charge is 2.29. The summed E-state index contributed by atoms with van der Waals surface area (Å²) >= 11 is 0. The van der Waals surface area contributed by atoms with Gasteiger partial charge < -0.3 is 9.47 Å². The largest absolute Gasteiger partial charge is 0.366 e. The van der Waals surface area contributed by atoms with Gasteiger partial charge in [-0.15, -0.1) is 0 Å². The van der Waals surface area contributed by atoms with Gasteiger partial charge >= 0.3 is 0 Å². The molecule has 0 spiro atoms. The second-order valence-electron chi connectivity index (χ2n) is 8.30. The normalized spacial score (nSPS) is 16.8. The first-order chi connectivity index (χ1) is 14.6. The molecular weight excluding hydrogens is 373 g/mol. The number of unbranched alkanes of at least 4 members (excludes halogenated alkanes) is 1. The first-order valence-electron chi connectivity index (χ1n) is 11.0. The summed E-state index contributed by atoms with van der Waals surface area (Å²) in [5, 5.41) is 5.01. The third kappa shape index (κ3) is 4.15. The lowest BCUT2D eigenvalue weighted by Gasteiger charge is -2.35. The molecule has 3 aromatic rings. The number of halogens is 1. The summed E-state index contributed by atoms with van der Waals surface area (Å²) in [6.07, 6.45) is 4.57. The molecule has 4 rings (SSSR count). The fourth-order valence-corrected chi connectivity index (χ4v) is 4.47. The molecule has 2 aromatic carbocycles. The van der Waals surface area contributed by atoms with E-state index in [9.17, 15) is 4.39 Å². The molecular formula is C26H31FN3. The van der Waals surface area contributed by atoms with E-state index in [4.69, 9.17) is 5.32 Å². The second kappa shape index (κ2) is 9.05. The van der Waals surface area contributed by atoms with E-state index >= 15 is 0 Å². The summed E-state index contributed by atoms with van der Waals surface area (Å²) in [5.74, 6) is -0.158. The molecule has 1 aliphatic rings. The molecule has 30 heavy (non-hydrogen) atoms. The summed E-state index contributed by atoms with van der Waals surface area (Å²) in [7, 11) is 0. The minimum atomic E-state index is -0.158. The van der Waals surface area contributed by atoms with Gasteiger partial charge in [0.25, 0.3) is 0 Å². The van der Waals surface area contributed by atoms with Crippen molar-refractivity contribution in [2.75, 3.05) is 24.5 Å². The summed E-state index contributed by atoms with van der Waals surface area (Å²) in [6.45, 7) is 9.70. The zero-order valence-corrected chi connectivity index (χ0v) is 18.2. The van der Waals surface area contributed by atoms with Gasteiger partial charge in [0.05, 0.1) is 11.7 Å². The molecule has 1 saturated heterocycles. The predicted octanol–water partition coefficient (Wildman–Crippen LogP) is 5.88. The van der Waals surface area contributed by atoms with E-state index in [1.54, 1.807) is 12.1 Å². The van der Waals surface area contributed by atoms with Crippen molar-refractivity contribution in [1.29, 1.82) is 0 Å². The van der Waals surface area contributed by atoms with Gasteiger partial charge in [-0.1, -0.05) is 55.3 Å². The van der Waals surface area contributed by atoms with Crippen molar-refractivity contribution in [1.82, 2.24) is 9.88 Å². The first-order valence-corrected chi connectivity index (χ1v) is 11.0. The number of anilines is 1. The van der Waals surface area contributed by atoms with Gasteiger partial charge in [0.15, 0.2) is 0 Å². The Bertz CT molecular complexity index is 990. The number of aryl methyl sites for hydroxylation is 3. The minimum Gasteiger partial charge on any atom is -0.366 e. The van der Waals surface area contributed by atoms with E-state index in [2.05, 4.69) is 60.7 Å². The SMILES string of the molecule is CCCCn1cc(C)c(-c2ccc(C)cc2)c1C1CN(c2ccccc2F)CC[N]1. The second-order valence-corrected chi connectivity index (χ2v) is 8.30. The summed E-state index contributed by atoms with van der Waals surface area (Å²) in [6, 6.07) is 15.9. The van der Waals surface area contributed by atoms with Crippen LogP contribution >= 0.6 is 0 Å². The van der Waals surface area contributed by atoms with Crippen LogP contribution in [0.1, 0.15) is 42.6 Å². The minimum absolute atomic E-state index is 0.0280. The van der Waals surface area contributed by atoms with E-state index in [0.717, 1.165) is 25.9 Å². The Kier molecular flexibility index (Phi) is 6.24. The van der Waals surface area contributed by atoms with Crippen LogP contribution in [-0.4, -0.2) is 24.2 Å². The lowest BCUT2D eigenvalue weighted by atomic mass is 9.96. The fraction of sp³-hybridized carbons (Fsp3) is 0.385. The molecule has 157 valence electrons. The van der Waals surface area contributed by atoms with Crippen molar-refractivity contribution in [3.8, 4) is 11.1 Å². The van der Waals surface area contributed by atoms with Gasteiger partial charge in [0.1, 0.15) is 5.82 Å². The van der Waals surface area contributed by atoms with Gasteiger partial charge in [-0.3, -0.25) is 0 Å². The van der Waals surface area contributed by atoms with Crippen LogP contribution in [0.5, 0.6) is 0 Å². The van der Waals surface area contributed by atoms with Gasteiger partial charge in [-0.25, -0.2) is 9.71 Å². The standard InChI is InChI=1S/C26H31FN3/c1-4-5-15-30-17-20(3)25(21-12-10-19(2)11-13-21)26(30)23-18-29(16-14-28-23)24-9-7-6-8-22(24)27/h6-13,17,23H,4-5,14-16,18H2,1-3H3. The average molecular weight is 405 g/mol. The lowest BCUT2D eigenvalue weighted by Crippen LogP contribution is -2.43. The molecule has 1 atom stereocenters. The van der Waals surface area contributed by atoms with Crippen LogP contribution in [0.3, 0.4) is 0 Å². The molecule has 0 amide bonds. The van der Waals surface area contributed by atoms with Crippen LogP contribution < -0.4 is 10.2 Å². The quantitative estimate of drug-likeness (QED) is 0.503. The molecule has 0 N–H and O–H groups in total. The van der Waals surface area contributed by atoms with Crippen LogP contribution in [0.15, 0.2) is 54.7 Å². The van der Waals surface area contributed by atoms with Crippen molar-refractivity contribution in [2.24, 2.45) is 0 Å². The Morgan fingerprint density at radius 3 is 2.57 bits per heavy atom. The van der Waals surface area contributed by atoms with Crippen LogP contribution in [0.4, 0.5) is 10.1 Å². The summed E-state index contributed by atoms with van der Waals surface area (Å²) in [4.78, 5) is 2.15. The van der Waals surface area contributed by atoms with Crippen LogP contribution in [0, 0.1) is 19.7 Å². The zero-order valence-electron chi connectivity index (χ0n) is 18.2. The highest BCUT2D eigenvalue weighted by Crippen LogP contribution is 2.36. The lowest BCUT2D eigenvalue weighted by molar-refractivity contribution is 0.432. The number of para-hydroxylation sites is 1. The van der Waals surface area contributed by atoms with Crippen LogP contribution in [-0.2, 0) is 6.54 Å². The van der Waals surface area contributed by atoms with E-state index in [1.807, 2.05) is 12.1 Å². The molecule has 2 heterocycles. The van der Waals surface area contributed by atoms with Gasteiger partial charge in [0, 0.05) is 43.6 Å². The first kappa shape index (κ1) is 20.7. The Morgan fingerprint density at radius 1 is 1.07 bits per heavy atom. The Hall–Kier alpha value is -2.59. The topological polar surface area (TPSA) is 22.3 Å². The van der Waals surface area contributed by atoms with Gasteiger partial charge in [-0.2, -0.15) is 0 Å². The molecule has 1 aliphatic heterocycles. The van der Waals surface area contributed by atoms with E-state index in [0.29, 0.717) is 18.8 Å². The Labute approximate surface area is 179 Å². The number of nitrogens with zero attached hydrogens (tertiary/aromatic N) is 3. The Balaban J connectivity index is 1.74. The fourth-order valence-electron chi connectivity index (χ4n) is 4.47. The number of rotatable bonds is 6. The number of benzene rings is 2.